The number of nitrogens with two attached hydrogens (primary N) is 2. The number of carbonyl (C=O) groups is 1. The van der Waals surface area contributed by atoms with Crippen LogP contribution in [-0.2, 0) is 17.6 Å². The van der Waals surface area contributed by atoms with Gasteiger partial charge in [0.05, 0.1) is 0 Å². The summed E-state index contributed by atoms with van der Waals surface area (Å²) in [7, 11) is 0. The fourth-order valence-corrected chi connectivity index (χ4v) is 2.10. The molecule has 1 atom stereocenters. The van der Waals surface area contributed by atoms with Crippen molar-refractivity contribution in [1.29, 1.82) is 0 Å². The third kappa shape index (κ3) is 2.82. The molecule has 1 aliphatic rings. The summed E-state index contributed by atoms with van der Waals surface area (Å²) >= 11 is 0. The molecule has 0 radical (unpaired) electrons. The molecule has 1 unspecified atom stereocenters. The van der Waals surface area contributed by atoms with Crippen molar-refractivity contribution >= 4 is 5.91 Å². The van der Waals surface area contributed by atoms with Gasteiger partial charge in [-0.3, -0.25) is 4.79 Å². The molecule has 2 rings (SSSR count). The molecule has 4 nitrogen and oxygen atoms in total. The Balaban J connectivity index is 2.04. The van der Waals surface area contributed by atoms with Gasteiger partial charge in [0, 0.05) is 0 Å². The first-order chi connectivity index (χ1) is 8.49. The van der Waals surface area contributed by atoms with Crippen molar-refractivity contribution in [1.82, 2.24) is 0 Å². The van der Waals surface area contributed by atoms with E-state index in [-0.39, 0.29) is 6.61 Å². The zero-order chi connectivity index (χ0) is 13.2. The van der Waals surface area contributed by atoms with E-state index < -0.39 is 11.4 Å². The summed E-state index contributed by atoms with van der Waals surface area (Å²) in [5.41, 5.74) is 12.6. The van der Waals surface area contributed by atoms with Gasteiger partial charge < -0.3 is 16.2 Å². The van der Waals surface area contributed by atoms with Gasteiger partial charge in [-0.15, -0.1) is 0 Å². The lowest BCUT2D eigenvalue weighted by molar-refractivity contribution is -0.123. The summed E-state index contributed by atoms with van der Waals surface area (Å²) in [6, 6.07) is 6.08. The van der Waals surface area contributed by atoms with Gasteiger partial charge >= 0.3 is 0 Å². The van der Waals surface area contributed by atoms with E-state index in [0.717, 1.165) is 18.6 Å². The Morgan fingerprint density at radius 2 is 2.00 bits per heavy atom. The van der Waals surface area contributed by atoms with Crippen LogP contribution in [0.3, 0.4) is 0 Å². The van der Waals surface area contributed by atoms with Crippen molar-refractivity contribution in [2.24, 2.45) is 11.5 Å². The first kappa shape index (κ1) is 12.9. The van der Waals surface area contributed by atoms with E-state index in [1.807, 2.05) is 12.1 Å². The maximum Gasteiger partial charge on any atom is 0.240 e. The average Bonchev–Trinajstić information content (AvgIpc) is 2.36. The molecule has 98 valence electrons. The molecule has 0 bridgehead atoms. The smallest absolute Gasteiger partial charge is 0.240 e. The average molecular weight is 248 g/mol. The lowest BCUT2D eigenvalue weighted by Gasteiger charge is -2.22. The molecule has 1 aromatic rings. The summed E-state index contributed by atoms with van der Waals surface area (Å²) in [4.78, 5) is 11.1. The van der Waals surface area contributed by atoms with Crippen molar-refractivity contribution in [3.8, 4) is 5.75 Å². The Labute approximate surface area is 107 Å². The van der Waals surface area contributed by atoms with Crippen molar-refractivity contribution in [2.45, 2.75) is 38.1 Å². The number of carbonyl (C=O) groups excluding carboxylic acids is 1. The molecule has 0 spiro atoms. The maximum absolute atomic E-state index is 11.1. The highest BCUT2D eigenvalue weighted by atomic mass is 16.5. The second kappa shape index (κ2) is 4.98. The fraction of sp³-hybridized carbons (Fsp3) is 0.500. The number of hydrogen-bond donors (Lipinski definition) is 2. The lowest BCUT2D eigenvalue weighted by atomic mass is 9.92. The minimum absolute atomic E-state index is 0.0983. The highest BCUT2D eigenvalue weighted by molar-refractivity contribution is 5.84. The normalized spacial score (nSPS) is 17.7. The number of hydrogen-bond acceptors (Lipinski definition) is 3. The van der Waals surface area contributed by atoms with Crippen LogP contribution in [-0.4, -0.2) is 18.1 Å². The van der Waals surface area contributed by atoms with Gasteiger partial charge in [0.25, 0.3) is 0 Å². The Morgan fingerprint density at radius 1 is 1.33 bits per heavy atom. The standard InChI is InChI=1S/C14H20N2O2/c1-14(16,13(15)17)9-18-12-7-6-10-4-2-3-5-11(10)8-12/h6-8H,2-5,9,16H2,1H3,(H2,15,17). The quantitative estimate of drug-likeness (QED) is 0.839. The number of ether oxygens (including phenoxy) is 1. The molecule has 0 fully saturated rings. The van der Waals surface area contributed by atoms with Gasteiger partial charge in [0.15, 0.2) is 0 Å². The molecule has 0 aliphatic heterocycles. The summed E-state index contributed by atoms with van der Waals surface area (Å²) < 4.78 is 5.57. The number of fused-ring (bicyclic) bond motifs is 1. The van der Waals surface area contributed by atoms with Crippen molar-refractivity contribution in [3.63, 3.8) is 0 Å². The molecular formula is C14H20N2O2. The molecule has 1 amide bonds. The molecule has 1 aliphatic carbocycles. The number of aryl methyl sites for hydroxylation is 2. The van der Waals surface area contributed by atoms with E-state index in [0.29, 0.717) is 0 Å². The van der Waals surface area contributed by atoms with Crippen LogP contribution in [0.15, 0.2) is 18.2 Å². The second-order valence-electron chi connectivity index (χ2n) is 5.21. The van der Waals surface area contributed by atoms with Crippen LogP contribution in [0.1, 0.15) is 30.9 Å². The van der Waals surface area contributed by atoms with E-state index in [2.05, 4.69) is 6.07 Å². The molecule has 0 heterocycles. The van der Waals surface area contributed by atoms with E-state index >= 15 is 0 Å². The van der Waals surface area contributed by atoms with Gasteiger partial charge in [-0.2, -0.15) is 0 Å². The van der Waals surface area contributed by atoms with Crippen LogP contribution >= 0.6 is 0 Å². The van der Waals surface area contributed by atoms with Crippen LogP contribution in [0.25, 0.3) is 0 Å². The Hall–Kier alpha value is -1.55. The number of amides is 1. The summed E-state index contributed by atoms with van der Waals surface area (Å²) in [5, 5.41) is 0. The van der Waals surface area contributed by atoms with Gasteiger partial charge in [0.1, 0.15) is 17.9 Å². The monoisotopic (exact) mass is 248 g/mol. The molecule has 18 heavy (non-hydrogen) atoms. The van der Waals surface area contributed by atoms with Gasteiger partial charge in [-0.1, -0.05) is 6.07 Å². The zero-order valence-corrected chi connectivity index (χ0v) is 10.7. The zero-order valence-electron chi connectivity index (χ0n) is 10.7. The van der Waals surface area contributed by atoms with Crippen LogP contribution in [0, 0.1) is 0 Å². The molecule has 4 N–H and O–H groups in total. The highest BCUT2D eigenvalue weighted by Gasteiger charge is 2.26. The summed E-state index contributed by atoms with van der Waals surface area (Å²) in [5.74, 6) is 0.203. The van der Waals surface area contributed by atoms with Crippen molar-refractivity contribution in [3.05, 3.63) is 29.3 Å². The molecule has 1 aromatic carbocycles. The summed E-state index contributed by atoms with van der Waals surface area (Å²) in [6.07, 6.45) is 4.73. The summed E-state index contributed by atoms with van der Waals surface area (Å²) in [6.45, 7) is 1.68. The number of rotatable bonds is 4. The van der Waals surface area contributed by atoms with Crippen LogP contribution in [0.2, 0.25) is 0 Å². The molecular weight excluding hydrogens is 228 g/mol. The van der Waals surface area contributed by atoms with E-state index in [1.165, 1.54) is 24.0 Å². The highest BCUT2D eigenvalue weighted by Crippen LogP contribution is 2.25. The van der Waals surface area contributed by atoms with Crippen LogP contribution in [0.4, 0.5) is 0 Å². The van der Waals surface area contributed by atoms with E-state index in [1.54, 1.807) is 6.92 Å². The lowest BCUT2D eigenvalue weighted by Crippen LogP contribution is -2.53. The molecule has 0 aromatic heterocycles. The fourth-order valence-electron chi connectivity index (χ4n) is 2.10. The Bertz CT molecular complexity index is 455. The van der Waals surface area contributed by atoms with Crippen LogP contribution < -0.4 is 16.2 Å². The predicted molar refractivity (Wildman–Crippen MR) is 70.4 cm³/mol. The third-order valence-electron chi connectivity index (χ3n) is 3.42. The third-order valence-corrected chi connectivity index (χ3v) is 3.42. The van der Waals surface area contributed by atoms with Gasteiger partial charge in [-0.25, -0.2) is 0 Å². The SMILES string of the molecule is CC(N)(COc1ccc2c(c1)CCCC2)C(N)=O. The predicted octanol–water partition coefficient (Wildman–Crippen LogP) is 1.15. The van der Waals surface area contributed by atoms with Crippen molar-refractivity contribution < 1.29 is 9.53 Å². The first-order valence-electron chi connectivity index (χ1n) is 6.32. The molecule has 0 saturated heterocycles. The minimum Gasteiger partial charge on any atom is -0.491 e. The number of primary amides is 1. The topological polar surface area (TPSA) is 78.3 Å². The Kier molecular flexibility index (Phi) is 3.57. The van der Waals surface area contributed by atoms with Crippen LogP contribution in [0.5, 0.6) is 5.75 Å². The second-order valence-corrected chi connectivity index (χ2v) is 5.21. The van der Waals surface area contributed by atoms with Gasteiger partial charge in [-0.05, 0) is 55.9 Å². The van der Waals surface area contributed by atoms with Gasteiger partial charge in [0.2, 0.25) is 5.91 Å². The van der Waals surface area contributed by atoms with E-state index in [9.17, 15) is 4.79 Å². The van der Waals surface area contributed by atoms with E-state index in [4.69, 9.17) is 16.2 Å². The first-order valence-corrected chi connectivity index (χ1v) is 6.32. The number of benzene rings is 1. The largest absolute Gasteiger partial charge is 0.491 e. The van der Waals surface area contributed by atoms with Crippen molar-refractivity contribution in [2.75, 3.05) is 6.61 Å². The maximum atomic E-state index is 11.1. The Morgan fingerprint density at radius 3 is 2.67 bits per heavy atom. The molecule has 4 heteroatoms. The molecule has 0 saturated carbocycles. The minimum atomic E-state index is -1.13.